The highest BCUT2D eigenvalue weighted by molar-refractivity contribution is 6.13. The monoisotopic (exact) mass is 285 g/mol. The van der Waals surface area contributed by atoms with Gasteiger partial charge in [0.15, 0.2) is 6.23 Å². The van der Waals surface area contributed by atoms with Crippen LogP contribution in [0.5, 0.6) is 0 Å². The largest absolute Gasteiger partial charge is 0.333 e. The molecule has 1 heterocycles. The molecule has 0 unspecified atom stereocenters. The van der Waals surface area contributed by atoms with Crippen LogP contribution in [0.3, 0.4) is 0 Å². The number of ether oxygens (including phenoxy) is 1. The Bertz CT molecular complexity index is 670. The molecule has 2 atom stereocenters. The van der Waals surface area contributed by atoms with Crippen molar-refractivity contribution in [1.29, 1.82) is 0 Å². The third-order valence-corrected chi connectivity index (χ3v) is 3.25. The smallest absolute Gasteiger partial charge is 0.259 e. The lowest BCUT2D eigenvalue weighted by atomic mass is 10.1. The molecular weight excluding hydrogens is 273 g/mol. The van der Waals surface area contributed by atoms with Gasteiger partial charge in [0.25, 0.3) is 5.91 Å². The van der Waals surface area contributed by atoms with Crippen LogP contribution in [0.4, 0.5) is 4.39 Å². The number of nitrogens with one attached hydrogen (secondary N) is 1. The second kappa shape index (κ2) is 5.46. The van der Waals surface area contributed by atoms with Crippen LogP contribution in [-0.2, 0) is 9.53 Å². The molecule has 1 aliphatic heterocycles. The number of rotatable bonds is 3. The molecule has 106 valence electrons. The molecule has 4 nitrogen and oxygen atoms in total. The fraction of sp³-hybridized carbons (Fsp3) is 0.125. The maximum absolute atomic E-state index is 12.9. The number of carbonyl (C=O) groups is 2. The molecule has 5 heteroatoms. The topological polar surface area (TPSA) is 55.4 Å². The molecule has 2 aromatic rings. The molecule has 0 radical (unpaired) electrons. The van der Waals surface area contributed by atoms with Gasteiger partial charge >= 0.3 is 0 Å². The number of carbonyl (C=O) groups excluding carboxylic acids is 2. The van der Waals surface area contributed by atoms with Crippen molar-refractivity contribution in [3.63, 3.8) is 0 Å². The van der Waals surface area contributed by atoms with E-state index in [9.17, 15) is 14.0 Å². The number of benzene rings is 2. The first-order chi connectivity index (χ1) is 10.1. The first-order valence-corrected chi connectivity index (χ1v) is 6.46. The van der Waals surface area contributed by atoms with Crippen molar-refractivity contribution in [2.24, 2.45) is 0 Å². The first kappa shape index (κ1) is 13.5. The first-order valence-electron chi connectivity index (χ1n) is 6.46. The number of ketones is 1. The molecule has 21 heavy (non-hydrogen) atoms. The number of amides is 1. The third-order valence-electron chi connectivity index (χ3n) is 3.25. The van der Waals surface area contributed by atoms with Crippen LogP contribution >= 0.6 is 0 Å². The minimum absolute atomic E-state index is 0.375. The maximum atomic E-state index is 12.9. The Balaban J connectivity index is 1.79. The number of hydrogen-bond acceptors (Lipinski definition) is 3. The average Bonchev–Trinajstić information content (AvgIpc) is 2.90. The van der Waals surface area contributed by atoms with Crippen LogP contribution in [0.1, 0.15) is 22.1 Å². The van der Waals surface area contributed by atoms with Crippen molar-refractivity contribution in [2.75, 3.05) is 0 Å². The third kappa shape index (κ3) is 2.68. The van der Waals surface area contributed by atoms with Crippen molar-refractivity contribution < 1.29 is 18.7 Å². The molecule has 0 bridgehead atoms. The summed E-state index contributed by atoms with van der Waals surface area (Å²) in [6, 6.07) is 14.1. The SMILES string of the molecule is O=C1N[C@@H](c2ccc(F)cc2)O[C@H]1C(=O)c1ccccc1. The summed E-state index contributed by atoms with van der Waals surface area (Å²) in [7, 11) is 0. The van der Waals surface area contributed by atoms with E-state index in [1.807, 2.05) is 0 Å². The molecule has 1 N–H and O–H groups in total. The zero-order valence-electron chi connectivity index (χ0n) is 11.0. The average molecular weight is 285 g/mol. The van der Waals surface area contributed by atoms with Crippen LogP contribution < -0.4 is 5.32 Å². The highest BCUT2D eigenvalue weighted by Crippen LogP contribution is 2.24. The van der Waals surface area contributed by atoms with Gasteiger partial charge in [0.05, 0.1) is 0 Å². The maximum Gasteiger partial charge on any atom is 0.259 e. The second-order valence-corrected chi connectivity index (χ2v) is 4.69. The summed E-state index contributed by atoms with van der Waals surface area (Å²) < 4.78 is 18.4. The van der Waals surface area contributed by atoms with E-state index in [1.54, 1.807) is 30.3 Å². The Morgan fingerprint density at radius 1 is 1.05 bits per heavy atom. The molecule has 0 saturated carbocycles. The molecular formula is C16H12FNO3. The van der Waals surface area contributed by atoms with Crippen molar-refractivity contribution in [3.8, 4) is 0 Å². The lowest BCUT2D eigenvalue weighted by Crippen LogP contribution is -2.31. The highest BCUT2D eigenvalue weighted by Gasteiger charge is 2.39. The summed E-state index contributed by atoms with van der Waals surface area (Å²) >= 11 is 0. The van der Waals surface area contributed by atoms with Crippen molar-refractivity contribution in [1.82, 2.24) is 5.32 Å². The van der Waals surface area contributed by atoms with Gasteiger partial charge in [-0.15, -0.1) is 0 Å². The van der Waals surface area contributed by atoms with Gasteiger partial charge in [-0.3, -0.25) is 9.59 Å². The number of Topliss-reactive ketones (excluding diaryl/α,β-unsaturated/α-hetero) is 1. The molecule has 3 rings (SSSR count). The van der Waals surface area contributed by atoms with E-state index in [1.165, 1.54) is 24.3 Å². The van der Waals surface area contributed by atoms with Crippen LogP contribution in [0.15, 0.2) is 54.6 Å². The Kier molecular flexibility index (Phi) is 3.50. The molecule has 1 fully saturated rings. The Labute approximate surface area is 120 Å². The van der Waals surface area contributed by atoms with Crippen molar-refractivity contribution >= 4 is 11.7 Å². The van der Waals surface area contributed by atoms with Gasteiger partial charge in [0.1, 0.15) is 5.82 Å². The quantitative estimate of drug-likeness (QED) is 0.695. The van der Waals surface area contributed by atoms with Gasteiger partial charge in [0, 0.05) is 11.1 Å². The van der Waals surface area contributed by atoms with E-state index in [0.717, 1.165) is 0 Å². The van der Waals surface area contributed by atoms with Gasteiger partial charge < -0.3 is 10.1 Å². The van der Waals surface area contributed by atoms with Gasteiger partial charge in [-0.2, -0.15) is 0 Å². The molecule has 2 aromatic carbocycles. The lowest BCUT2D eigenvalue weighted by Gasteiger charge is -2.11. The Morgan fingerprint density at radius 3 is 2.38 bits per heavy atom. The van der Waals surface area contributed by atoms with E-state index in [0.29, 0.717) is 11.1 Å². The fourth-order valence-electron chi connectivity index (χ4n) is 2.17. The Morgan fingerprint density at radius 2 is 1.71 bits per heavy atom. The molecule has 1 amide bonds. The molecule has 1 aliphatic rings. The minimum atomic E-state index is -1.18. The molecule has 0 aromatic heterocycles. The predicted octanol–water partition coefficient (Wildman–Crippen LogP) is 2.22. The van der Waals surface area contributed by atoms with Gasteiger partial charge in [-0.1, -0.05) is 42.5 Å². The zero-order chi connectivity index (χ0) is 14.8. The standard InChI is InChI=1S/C16H12FNO3/c17-12-8-6-11(7-9-12)16-18-15(20)14(21-16)13(19)10-4-2-1-3-5-10/h1-9,14,16H,(H,18,20)/t14-,16+/m0/s1. The summed E-state index contributed by atoms with van der Waals surface area (Å²) in [6.45, 7) is 0. The zero-order valence-corrected chi connectivity index (χ0v) is 11.0. The normalized spacial score (nSPS) is 21.1. The van der Waals surface area contributed by atoms with Crippen molar-refractivity contribution in [2.45, 2.75) is 12.3 Å². The highest BCUT2D eigenvalue weighted by atomic mass is 19.1. The summed E-state index contributed by atoms with van der Waals surface area (Å²) in [6.07, 6.45) is -1.92. The van der Waals surface area contributed by atoms with E-state index >= 15 is 0 Å². The lowest BCUT2D eigenvalue weighted by molar-refractivity contribution is -0.121. The minimum Gasteiger partial charge on any atom is -0.333 e. The van der Waals surface area contributed by atoms with Crippen molar-refractivity contribution in [3.05, 3.63) is 71.5 Å². The summed E-state index contributed by atoms with van der Waals surface area (Å²) in [5, 5.41) is 2.59. The Hall–Kier alpha value is -2.53. The molecule has 1 saturated heterocycles. The van der Waals surface area contributed by atoms with E-state index in [-0.39, 0.29) is 5.82 Å². The van der Waals surface area contributed by atoms with Crippen LogP contribution in [0.25, 0.3) is 0 Å². The van der Waals surface area contributed by atoms with Gasteiger partial charge in [0.2, 0.25) is 11.9 Å². The van der Waals surface area contributed by atoms with Crippen LogP contribution in [0, 0.1) is 5.82 Å². The van der Waals surface area contributed by atoms with Gasteiger partial charge in [-0.25, -0.2) is 4.39 Å². The number of hydrogen-bond donors (Lipinski definition) is 1. The van der Waals surface area contributed by atoms with Crippen LogP contribution in [0.2, 0.25) is 0 Å². The molecule has 0 aliphatic carbocycles. The summed E-state index contributed by atoms with van der Waals surface area (Å²) in [4.78, 5) is 24.2. The van der Waals surface area contributed by atoms with E-state index < -0.39 is 24.0 Å². The summed E-state index contributed by atoms with van der Waals surface area (Å²) in [5.41, 5.74) is 1.01. The fourth-order valence-corrected chi connectivity index (χ4v) is 2.17. The van der Waals surface area contributed by atoms with E-state index in [2.05, 4.69) is 5.32 Å². The number of halogens is 1. The van der Waals surface area contributed by atoms with E-state index in [4.69, 9.17) is 4.74 Å². The second-order valence-electron chi connectivity index (χ2n) is 4.69. The predicted molar refractivity (Wildman–Crippen MR) is 72.9 cm³/mol. The summed E-state index contributed by atoms with van der Waals surface area (Å²) in [5.74, 6) is -1.25. The van der Waals surface area contributed by atoms with Gasteiger partial charge in [-0.05, 0) is 12.1 Å². The molecule has 0 spiro atoms. The van der Waals surface area contributed by atoms with Crippen LogP contribution in [-0.4, -0.2) is 17.8 Å².